The molecule has 1 heterocycles. The molecular formula is C15H24N4O. The minimum atomic E-state index is -0.0277. The molecule has 0 aromatic carbocycles. The largest absolute Gasteiger partial charge is 0.369 e. The van der Waals surface area contributed by atoms with Crippen molar-refractivity contribution in [3.63, 3.8) is 0 Å². The van der Waals surface area contributed by atoms with Gasteiger partial charge >= 0.3 is 0 Å². The molecule has 0 unspecified atom stereocenters. The number of hydrogen-bond acceptors (Lipinski definition) is 4. The van der Waals surface area contributed by atoms with E-state index in [2.05, 4.69) is 22.2 Å². The fourth-order valence-corrected chi connectivity index (χ4v) is 2.69. The molecule has 0 radical (unpaired) electrons. The Morgan fingerprint density at radius 2 is 2.00 bits per heavy atom. The number of carbonyl (C=O) groups is 1. The number of anilines is 1. The number of rotatable bonds is 4. The average Bonchev–Trinajstić information content (AvgIpc) is 2.48. The van der Waals surface area contributed by atoms with E-state index in [9.17, 15) is 4.79 Å². The second-order valence-electron chi connectivity index (χ2n) is 5.65. The highest BCUT2D eigenvalue weighted by Crippen LogP contribution is 2.27. The van der Waals surface area contributed by atoms with E-state index in [-0.39, 0.29) is 5.91 Å². The maximum atomic E-state index is 12.4. The molecule has 0 atom stereocenters. The molecule has 1 aliphatic rings. The number of amides is 1. The van der Waals surface area contributed by atoms with Gasteiger partial charge in [-0.15, -0.1) is 0 Å². The Labute approximate surface area is 120 Å². The standard InChI is InChI=1S/C15H24N4O/c1-4-16-14-10-17-13(9-18-14)15(20)19(3)12-7-5-11(2)6-8-12/h9-12H,4-8H2,1-3H3,(H,16,18). The van der Waals surface area contributed by atoms with Gasteiger partial charge in [0, 0.05) is 19.6 Å². The molecular weight excluding hydrogens is 252 g/mol. The van der Waals surface area contributed by atoms with Crippen molar-refractivity contribution in [2.45, 2.75) is 45.6 Å². The van der Waals surface area contributed by atoms with Crippen LogP contribution in [-0.2, 0) is 0 Å². The first-order valence-corrected chi connectivity index (χ1v) is 7.45. The molecule has 110 valence electrons. The van der Waals surface area contributed by atoms with Crippen LogP contribution in [0.25, 0.3) is 0 Å². The molecule has 1 saturated carbocycles. The molecule has 1 aromatic heterocycles. The van der Waals surface area contributed by atoms with E-state index in [0.717, 1.165) is 25.3 Å². The van der Waals surface area contributed by atoms with Gasteiger partial charge in [-0.3, -0.25) is 4.79 Å². The molecule has 0 spiro atoms. The van der Waals surface area contributed by atoms with E-state index >= 15 is 0 Å². The van der Waals surface area contributed by atoms with Crippen molar-refractivity contribution in [2.24, 2.45) is 5.92 Å². The molecule has 0 saturated heterocycles. The van der Waals surface area contributed by atoms with Gasteiger partial charge in [-0.2, -0.15) is 0 Å². The van der Waals surface area contributed by atoms with Crippen LogP contribution in [0.15, 0.2) is 12.4 Å². The van der Waals surface area contributed by atoms with E-state index in [0.29, 0.717) is 17.6 Å². The SMILES string of the molecule is CCNc1cnc(C(=O)N(C)C2CCC(C)CC2)cn1. The number of nitrogens with zero attached hydrogens (tertiary/aromatic N) is 3. The van der Waals surface area contributed by atoms with Gasteiger partial charge in [-0.05, 0) is 38.5 Å². The van der Waals surface area contributed by atoms with E-state index < -0.39 is 0 Å². The van der Waals surface area contributed by atoms with Gasteiger partial charge in [0.05, 0.1) is 12.4 Å². The minimum absolute atomic E-state index is 0.0277. The molecule has 1 aromatic rings. The van der Waals surface area contributed by atoms with Crippen LogP contribution in [0, 0.1) is 5.92 Å². The number of carbonyl (C=O) groups excluding carboxylic acids is 1. The summed E-state index contributed by atoms with van der Waals surface area (Å²) in [5.41, 5.74) is 0.424. The summed E-state index contributed by atoms with van der Waals surface area (Å²) in [6.45, 7) is 5.07. The smallest absolute Gasteiger partial charge is 0.274 e. The van der Waals surface area contributed by atoms with E-state index in [1.54, 1.807) is 12.4 Å². The van der Waals surface area contributed by atoms with Crippen LogP contribution < -0.4 is 5.32 Å². The highest BCUT2D eigenvalue weighted by molar-refractivity contribution is 5.92. The first-order valence-electron chi connectivity index (χ1n) is 7.45. The van der Waals surface area contributed by atoms with Gasteiger partial charge in [-0.25, -0.2) is 9.97 Å². The summed E-state index contributed by atoms with van der Waals surface area (Å²) in [7, 11) is 1.88. The molecule has 5 heteroatoms. The zero-order chi connectivity index (χ0) is 14.5. The number of nitrogens with one attached hydrogen (secondary N) is 1. The van der Waals surface area contributed by atoms with Gasteiger partial charge in [0.2, 0.25) is 0 Å². The third kappa shape index (κ3) is 3.46. The fraction of sp³-hybridized carbons (Fsp3) is 0.667. The number of hydrogen-bond donors (Lipinski definition) is 1. The molecule has 1 amide bonds. The minimum Gasteiger partial charge on any atom is -0.369 e. The molecule has 1 N–H and O–H groups in total. The summed E-state index contributed by atoms with van der Waals surface area (Å²) in [5, 5.41) is 3.07. The number of aromatic nitrogens is 2. The van der Waals surface area contributed by atoms with Crippen LogP contribution in [0.2, 0.25) is 0 Å². The summed E-state index contributed by atoms with van der Waals surface area (Å²) in [6, 6.07) is 0.342. The Balaban J connectivity index is 1.99. The molecule has 20 heavy (non-hydrogen) atoms. The van der Waals surface area contributed by atoms with Crippen molar-refractivity contribution in [3.05, 3.63) is 18.1 Å². The Hall–Kier alpha value is -1.65. The lowest BCUT2D eigenvalue weighted by Crippen LogP contribution is -2.39. The van der Waals surface area contributed by atoms with Crippen LogP contribution in [0.4, 0.5) is 5.82 Å². The predicted molar refractivity (Wildman–Crippen MR) is 79.7 cm³/mol. The normalized spacial score (nSPS) is 22.4. The maximum absolute atomic E-state index is 12.4. The van der Waals surface area contributed by atoms with Crippen molar-refractivity contribution in [1.82, 2.24) is 14.9 Å². The van der Waals surface area contributed by atoms with Crippen molar-refractivity contribution < 1.29 is 4.79 Å². The maximum Gasteiger partial charge on any atom is 0.274 e. The lowest BCUT2D eigenvalue weighted by molar-refractivity contribution is 0.0673. The zero-order valence-electron chi connectivity index (χ0n) is 12.6. The van der Waals surface area contributed by atoms with Crippen molar-refractivity contribution >= 4 is 11.7 Å². The van der Waals surface area contributed by atoms with Crippen LogP contribution in [0.1, 0.15) is 50.0 Å². The van der Waals surface area contributed by atoms with Crippen LogP contribution in [-0.4, -0.2) is 40.4 Å². The van der Waals surface area contributed by atoms with Crippen LogP contribution in [0.3, 0.4) is 0 Å². The van der Waals surface area contributed by atoms with Gasteiger partial charge in [0.15, 0.2) is 0 Å². The van der Waals surface area contributed by atoms with Gasteiger partial charge < -0.3 is 10.2 Å². The highest BCUT2D eigenvalue weighted by Gasteiger charge is 2.26. The third-order valence-electron chi connectivity index (χ3n) is 4.08. The predicted octanol–water partition coefficient (Wildman–Crippen LogP) is 2.56. The Kier molecular flexibility index (Phi) is 4.93. The first kappa shape index (κ1) is 14.8. The summed E-state index contributed by atoms with van der Waals surface area (Å²) in [4.78, 5) is 22.7. The third-order valence-corrected chi connectivity index (χ3v) is 4.08. The van der Waals surface area contributed by atoms with Gasteiger partial charge in [-0.1, -0.05) is 6.92 Å². The van der Waals surface area contributed by atoms with E-state index in [1.807, 2.05) is 18.9 Å². The fourth-order valence-electron chi connectivity index (χ4n) is 2.69. The van der Waals surface area contributed by atoms with Gasteiger partial charge in [0.25, 0.3) is 5.91 Å². The lowest BCUT2D eigenvalue weighted by atomic mass is 9.86. The quantitative estimate of drug-likeness (QED) is 0.918. The Bertz CT molecular complexity index is 438. The summed E-state index contributed by atoms with van der Waals surface area (Å²) < 4.78 is 0. The molecule has 5 nitrogen and oxygen atoms in total. The summed E-state index contributed by atoms with van der Waals surface area (Å²) in [5.74, 6) is 1.47. The molecule has 0 bridgehead atoms. The second kappa shape index (κ2) is 6.68. The monoisotopic (exact) mass is 276 g/mol. The van der Waals surface area contributed by atoms with Gasteiger partial charge in [0.1, 0.15) is 11.5 Å². The van der Waals surface area contributed by atoms with Crippen LogP contribution >= 0.6 is 0 Å². The zero-order valence-corrected chi connectivity index (χ0v) is 12.6. The van der Waals surface area contributed by atoms with E-state index in [4.69, 9.17) is 0 Å². The second-order valence-corrected chi connectivity index (χ2v) is 5.65. The Morgan fingerprint density at radius 3 is 2.55 bits per heavy atom. The molecule has 1 aliphatic carbocycles. The van der Waals surface area contributed by atoms with Crippen molar-refractivity contribution in [1.29, 1.82) is 0 Å². The summed E-state index contributed by atoms with van der Waals surface area (Å²) in [6.07, 6.45) is 7.76. The lowest BCUT2D eigenvalue weighted by Gasteiger charge is -2.33. The van der Waals surface area contributed by atoms with Crippen molar-refractivity contribution in [2.75, 3.05) is 18.9 Å². The highest BCUT2D eigenvalue weighted by atomic mass is 16.2. The Morgan fingerprint density at radius 1 is 1.30 bits per heavy atom. The molecule has 2 rings (SSSR count). The molecule has 0 aliphatic heterocycles. The first-order chi connectivity index (χ1) is 9.61. The average molecular weight is 276 g/mol. The topological polar surface area (TPSA) is 58.1 Å². The molecule has 1 fully saturated rings. The van der Waals surface area contributed by atoms with Crippen LogP contribution in [0.5, 0.6) is 0 Å². The van der Waals surface area contributed by atoms with Crippen molar-refractivity contribution in [3.8, 4) is 0 Å². The summed E-state index contributed by atoms with van der Waals surface area (Å²) >= 11 is 0. The van der Waals surface area contributed by atoms with E-state index in [1.165, 1.54) is 12.8 Å².